The number of nitrogens with zero attached hydrogens (tertiary/aromatic N) is 5. The summed E-state index contributed by atoms with van der Waals surface area (Å²) in [7, 11) is 0. The lowest BCUT2D eigenvalue weighted by molar-refractivity contribution is -0.0351. The Morgan fingerprint density at radius 2 is 1.90 bits per heavy atom. The highest BCUT2D eigenvalue weighted by molar-refractivity contribution is 5.63. The molecule has 0 radical (unpaired) electrons. The summed E-state index contributed by atoms with van der Waals surface area (Å²) in [5, 5.41) is 0. The van der Waals surface area contributed by atoms with Gasteiger partial charge in [0.15, 0.2) is 0 Å². The number of pyridine rings is 3. The molecule has 1 saturated heterocycles. The molecule has 6 heteroatoms. The number of aryl methyl sites for hydroxylation is 1. The van der Waals surface area contributed by atoms with E-state index >= 15 is 0 Å². The van der Waals surface area contributed by atoms with Crippen molar-refractivity contribution in [3.8, 4) is 11.3 Å². The summed E-state index contributed by atoms with van der Waals surface area (Å²) in [6.07, 6.45) is 5.68. The molecule has 0 spiro atoms. The van der Waals surface area contributed by atoms with Crippen LogP contribution in [0.25, 0.3) is 16.9 Å². The van der Waals surface area contributed by atoms with Crippen molar-refractivity contribution in [3.05, 3.63) is 84.2 Å². The van der Waals surface area contributed by atoms with E-state index in [0.29, 0.717) is 6.61 Å². The maximum absolute atomic E-state index is 6.08. The molecule has 1 aliphatic heterocycles. The Bertz CT molecular complexity index is 1120. The molecule has 0 saturated carbocycles. The molecule has 29 heavy (non-hydrogen) atoms. The van der Waals surface area contributed by atoms with Gasteiger partial charge in [0.25, 0.3) is 0 Å². The summed E-state index contributed by atoms with van der Waals surface area (Å²) >= 11 is 0. The minimum absolute atomic E-state index is 0.0428. The molecular weight excluding hydrogens is 362 g/mol. The first-order chi connectivity index (χ1) is 14.3. The first-order valence-corrected chi connectivity index (χ1v) is 9.91. The lowest BCUT2D eigenvalue weighted by Crippen LogP contribution is -2.38. The third-order valence-electron chi connectivity index (χ3n) is 5.30. The van der Waals surface area contributed by atoms with Gasteiger partial charge in [0.2, 0.25) is 0 Å². The third kappa shape index (κ3) is 3.77. The van der Waals surface area contributed by atoms with Crippen LogP contribution < -0.4 is 0 Å². The minimum Gasteiger partial charge on any atom is -0.369 e. The van der Waals surface area contributed by atoms with Crippen LogP contribution in [0.5, 0.6) is 0 Å². The quantitative estimate of drug-likeness (QED) is 0.536. The normalized spacial score (nSPS) is 17.6. The third-order valence-corrected chi connectivity index (χ3v) is 5.30. The maximum atomic E-state index is 6.08. The molecule has 0 aromatic carbocycles. The Balaban J connectivity index is 1.40. The summed E-state index contributed by atoms with van der Waals surface area (Å²) in [5.41, 5.74) is 6.26. The molecule has 0 aliphatic carbocycles. The molecule has 6 nitrogen and oxygen atoms in total. The minimum atomic E-state index is -0.0428. The Labute approximate surface area is 169 Å². The SMILES string of the molecule is Cc1cccc(CN2CCO[C@H](c3cn4c(-c5ccncc5)cccc4n3)C2)n1. The van der Waals surface area contributed by atoms with Crippen LogP contribution in [0.4, 0.5) is 0 Å². The number of morpholine rings is 1. The van der Waals surface area contributed by atoms with Gasteiger partial charge >= 0.3 is 0 Å². The fourth-order valence-electron chi connectivity index (χ4n) is 3.88. The largest absolute Gasteiger partial charge is 0.369 e. The predicted octanol–water partition coefficient (Wildman–Crippen LogP) is 3.67. The molecule has 5 rings (SSSR count). The number of aromatic nitrogens is 4. The molecule has 4 aromatic rings. The van der Waals surface area contributed by atoms with E-state index in [-0.39, 0.29) is 6.10 Å². The maximum Gasteiger partial charge on any atom is 0.137 e. The van der Waals surface area contributed by atoms with Gasteiger partial charge in [-0.3, -0.25) is 19.3 Å². The summed E-state index contributed by atoms with van der Waals surface area (Å²) < 4.78 is 8.22. The highest BCUT2D eigenvalue weighted by Crippen LogP contribution is 2.26. The number of ether oxygens (including phenoxy) is 1. The van der Waals surface area contributed by atoms with Gasteiger partial charge < -0.3 is 4.74 Å². The summed E-state index contributed by atoms with van der Waals surface area (Å²) in [6.45, 7) is 5.27. The van der Waals surface area contributed by atoms with Crippen LogP contribution in [0, 0.1) is 6.92 Å². The first kappa shape index (κ1) is 18.0. The lowest BCUT2D eigenvalue weighted by atomic mass is 10.2. The average Bonchev–Trinajstić information content (AvgIpc) is 3.19. The molecular formula is C23H23N5O. The molecule has 4 aromatic heterocycles. The molecule has 0 unspecified atom stereocenters. The van der Waals surface area contributed by atoms with Gasteiger partial charge in [-0.25, -0.2) is 4.98 Å². The Hall–Kier alpha value is -3.09. The number of hydrogen-bond acceptors (Lipinski definition) is 5. The number of hydrogen-bond donors (Lipinski definition) is 0. The van der Waals surface area contributed by atoms with Gasteiger partial charge in [-0.1, -0.05) is 12.1 Å². The second-order valence-corrected chi connectivity index (χ2v) is 7.41. The smallest absolute Gasteiger partial charge is 0.137 e. The van der Waals surface area contributed by atoms with E-state index in [2.05, 4.69) is 43.7 Å². The van der Waals surface area contributed by atoms with Gasteiger partial charge in [-0.15, -0.1) is 0 Å². The zero-order valence-electron chi connectivity index (χ0n) is 16.4. The fraction of sp³-hybridized carbons (Fsp3) is 0.261. The van der Waals surface area contributed by atoms with Crippen LogP contribution in [0.1, 0.15) is 23.2 Å². The van der Waals surface area contributed by atoms with Crippen molar-refractivity contribution < 1.29 is 4.74 Å². The molecule has 1 atom stereocenters. The molecule has 0 N–H and O–H groups in total. The predicted molar refractivity (Wildman–Crippen MR) is 111 cm³/mol. The molecule has 1 fully saturated rings. The highest BCUT2D eigenvalue weighted by atomic mass is 16.5. The van der Waals surface area contributed by atoms with Crippen molar-refractivity contribution in [1.82, 2.24) is 24.3 Å². The van der Waals surface area contributed by atoms with Crippen LogP contribution in [0.15, 0.2) is 67.1 Å². The van der Waals surface area contributed by atoms with E-state index in [4.69, 9.17) is 9.72 Å². The van der Waals surface area contributed by atoms with Gasteiger partial charge in [0, 0.05) is 49.5 Å². The fourth-order valence-corrected chi connectivity index (χ4v) is 3.88. The summed E-state index contributed by atoms with van der Waals surface area (Å²) in [6, 6.07) is 16.4. The van der Waals surface area contributed by atoms with Crippen molar-refractivity contribution in [2.75, 3.05) is 19.7 Å². The number of imidazole rings is 1. The van der Waals surface area contributed by atoms with Crippen LogP contribution in [0.2, 0.25) is 0 Å². The van der Waals surface area contributed by atoms with Crippen molar-refractivity contribution in [3.63, 3.8) is 0 Å². The van der Waals surface area contributed by atoms with Crippen LogP contribution in [-0.2, 0) is 11.3 Å². The second kappa shape index (κ2) is 7.73. The zero-order valence-corrected chi connectivity index (χ0v) is 16.4. The molecule has 1 aliphatic rings. The van der Waals surface area contributed by atoms with E-state index in [1.165, 1.54) is 0 Å². The van der Waals surface area contributed by atoms with E-state index < -0.39 is 0 Å². The van der Waals surface area contributed by atoms with Gasteiger partial charge in [-0.05, 0) is 43.3 Å². The molecule has 5 heterocycles. The van der Waals surface area contributed by atoms with Gasteiger partial charge in [-0.2, -0.15) is 0 Å². The summed E-state index contributed by atoms with van der Waals surface area (Å²) in [4.78, 5) is 16.0. The van der Waals surface area contributed by atoms with Crippen molar-refractivity contribution in [1.29, 1.82) is 0 Å². The van der Waals surface area contributed by atoms with Crippen LogP contribution in [-0.4, -0.2) is 43.9 Å². The topological polar surface area (TPSA) is 55.6 Å². The second-order valence-electron chi connectivity index (χ2n) is 7.41. The summed E-state index contributed by atoms with van der Waals surface area (Å²) in [5.74, 6) is 0. The van der Waals surface area contributed by atoms with Crippen molar-refractivity contribution in [2.45, 2.75) is 19.6 Å². The molecule has 146 valence electrons. The van der Waals surface area contributed by atoms with E-state index in [0.717, 1.165) is 53.6 Å². The lowest BCUT2D eigenvalue weighted by Gasteiger charge is -2.31. The van der Waals surface area contributed by atoms with Crippen LogP contribution in [0.3, 0.4) is 0 Å². The number of fused-ring (bicyclic) bond motifs is 1. The average molecular weight is 385 g/mol. The van der Waals surface area contributed by atoms with Gasteiger partial charge in [0.1, 0.15) is 11.8 Å². The first-order valence-electron chi connectivity index (χ1n) is 9.91. The molecule has 0 bridgehead atoms. The van der Waals surface area contributed by atoms with Crippen molar-refractivity contribution in [2.24, 2.45) is 0 Å². The Kier molecular flexibility index (Phi) is 4.79. The Morgan fingerprint density at radius 3 is 2.76 bits per heavy atom. The highest BCUT2D eigenvalue weighted by Gasteiger charge is 2.25. The van der Waals surface area contributed by atoms with Crippen molar-refractivity contribution >= 4 is 5.65 Å². The Morgan fingerprint density at radius 1 is 1.03 bits per heavy atom. The van der Waals surface area contributed by atoms with E-state index in [1.807, 2.05) is 49.6 Å². The number of rotatable bonds is 4. The molecule has 0 amide bonds. The standard InChI is InChI=1S/C23H23N5O/c1-17-4-2-5-19(25-17)14-27-12-13-29-22(16-27)20-15-28-21(6-3-7-23(28)26-20)18-8-10-24-11-9-18/h2-11,15,22H,12-14,16H2,1H3/t22-/m0/s1. The van der Waals surface area contributed by atoms with E-state index in [9.17, 15) is 0 Å². The zero-order chi connectivity index (χ0) is 19.6. The van der Waals surface area contributed by atoms with Crippen LogP contribution >= 0.6 is 0 Å². The van der Waals surface area contributed by atoms with Gasteiger partial charge in [0.05, 0.1) is 23.7 Å². The monoisotopic (exact) mass is 385 g/mol. The van der Waals surface area contributed by atoms with E-state index in [1.54, 1.807) is 0 Å².